The van der Waals surface area contributed by atoms with Crippen molar-refractivity contribution in [3.8, 4) is 0 Å². The van der Waals surface area contributed by atoms with Crippen LogP contribution in [0.3, 0.4) is 0 Å². The first-order valence-corrected chi connectivity index (χ1v) is 5.56. The summed E-state index contributed by atoms with van der Waals surface area (Å²) in [6.45, 7) is 2.09. The molecule has 1 aliphatic heterocycles. The van der Waals surface area contributed by atoms with Gasteiger partial charge in [0.1, 0.15) is 6.04 Å². The minimum Gasteiger partial charge on any atom is -0.316 e. The second-order valence-electron chi connectivity index (χ2n) is 4.12. The molecule has 3 rings (SSSR count). The zero-order valence-corrected chi connectivity index (χ0v) is 8.95. The number of hydrogen-bond donors (Lipinski definition) is 1. The van der Waals surface area contributed by atoms with Gasteiger partial charge in [0.05, 0.1) is 12.4 Å². The Bertz CT molecular complexity index is 433. The van der Waals surface area contributed by atoms with Gasteiger partial charge in [0, 0.05) is 19.0 Å². The van der Waals surface area contributed by atoms with E-state index in [2.05, 4.69) is 39.8 Å². The first kappa shape index (κ1) is 9.54. The molecule has 0 spiro atoms. The lowest BCUT2D eigenvalue weighted by molar-refractivity contribution is 0.237. The predicted octanol–water partition coefficient (Wildman–Crippen LogP) is 1.09. The van der Waals surface area contributed by atoms with E-state index in [0.717, 1.165) is 13.1 Å². The van der Waals surface area contributed by atoms with Crippen LogP contribution in [0.1, 0.15) is 11.6 Å². The van der Waals surface area contributed by atoms with Crippen LogP contribution in [0.25, 0.3) is 0 Å². The zero-order valence-electron chi connectivity index (χ0n) is 8.95. The van der Waals surface area contributed by atoms with Gasteiger partial charge < -0.3 is 5.32 Å². The molecule has 1 aliphatic rings. The molecule has 4 nitrogen and oxygen atoms in total. The SMILES string of the molecule is c1ccc([C@@H](C2CNC2)n2nccn2)cc1. The van der Waals surface area contributed by atoms with Crippen LogP contribution in [0.4, 0.5) is 0 Å². The number of nitrogens with zero attached hydrogens (tertiary/aromatic N) is 3. The van der Waals surface area contributed by atoms with Gasteiger partial charge in [-0.05, 0) is 5.56 Å². The third-order valence-corrected chi connectivity index (χ3v) is 3.09. The molecule has 2 heterocycles. The fraction of sp³-hybridized carbons (Fsp3) is 0.333. The molecule has 0 radical (unpaired) electrons. The molecule has 1 aromatic heterocycles. The van der Waals surface area contributed by atoms with Crippen LogP contribution in [0, 0.1) is 5.92 Å². The normalized spacial score (nSPS) is 18.0. The van der Waals surface area contributed by atoms with E-state index in [9.17, 15) is 0 Å². The quantitative estimate of drug-likeness (QED) is 0.831. The summed E-state index contributed by atoms with van der Waals surface area (Å²) in [5.41, 5.74) is 1.28. The molecule has 1 saturated heterocycles. The van der Waals surface area contributed by atoms with Crippen molar-refractivity contribution in [2.75, 3.05) is 13.1 Å². The molecule has 82 valence electrons. The predicted molar refractivity (Wildman–Crippen MR) is 61.0 cm³/mol. The lowest BCUT2D eigenvalue weighted by atomic mass is 9.89. The van der Waals surface area contributed by atoms with Gasteiger partial charge in [-0.1, -0.05) is 30.3 Å². The average molecular weight is 214 g/mol. The van der Waals surface area contributed by atoms with Crippen molar-refractivity contribution >= 4 is 0 Å². The van der Waals surface area contributed by atoms with Crippen molar-refractivity contribution in [1.29, 1.82) is 0 Å². The Morgan fingerprint density at radius 1 is 1.12 bits per heavy atom. The molecule has 0 unspecified atom stereocenters. The van der Waals surface area contributed by atoms with Gasteiger partial charge >= 0.3 is 0 Å². The van der Waals surface area contributed by atoms with E-state index in [1.807, 2.05) is 10.9 Å². The molecule has 1 N–H and O–H groups in total. The van der Waals surface area contributed by atoms with Gasteiger partial charge in [0.15, 0.2) is 0 Å². The smallest absolute Gasteiger partial charge is 0.102 e. The van der Waals surface area contributed by atoms with Crippen molar-refractivity contribution in [2.45, 2.75) is 6.04 Å². The Kier molecular flexibility index (Phi) is 2.42. The fourth-order valence-corrected chi connectivity index (χ4v) is 2.15. The zero-order chi connectivity index (χ0) is 10.8. The van der Waals surface area contributed by atoms with Gasteiger partial charge in [-0.15, -0.1) is 0 Å². The number of hydrogen-bond acceptors (Lipinski definition) is 3. The summed E-state index contributed by atoms with van der Waals surface area (Å²) < 4.78 is 0. The molecule has 16 heavy (non-hydrogen) atoms. The fourth-order valence-electron chi connectivity index (χ4n) is 2.15. The van der Waals surface area contributed by atoms with Crippen molar-refractivity contribution in [1.82, 2.24) is 20.3 Å². The Hall–Kier alpha value is -1.68. The van der Waals surface area contributed by atoms with Gasteiger partial charge in [0.2, 0.25) is 0 Å². The van der Waals surface area contributed by atoms with E-state index in [-0.39, 0.29) is 6.04 Å². The summed E-state index contributed by atoms with van der Waals surface area (Å²) in [7, 11) is 0. The summed E-state index contributed by atoms with van der Waals surface area (Å²) in [5.74, 6) is 0.592. The second-order valence-corrected chi connectivity index (χ2v) is 4.12. The lowest BCUT2D eigenvalue weighted by Gasteiger charge is -2.34. The monoisotopic (exact) mass is 214 g/mol. The average Bonchev–Trinajstić information content (AvgIpc) is 2.77. The minimum absolute atomic E-state index is 0.262. The first-order chi connectivity index (χ1) is 7.95. The highest BCUT2D eigenvalue weighted by Gasteiger charge is 2.30. The third kappa shape index (κ3) is 1.61. The second kappa shape index (κ2) is 4.06. The molecular formula is C12H14N4. The molecule has 0 aliphatic carbocycles. The molecule has 0 bridgehead atoms. The van der Waals surface area contributed by atoms with Gasteiger partial charge in [-0.2, -0.15) is 15.0 Å². The Morgan fingerprint density at radius 3 is 2.38 bits per heavy atom. The van der Waals surface area contributed by atoms with E-state index in [0.29, 0.717) is 5.92 Å². The number of aromatic nitrogens is 3. The Morgan fingerprint density at radius 2 is 1.81 bits per heavy atom. The standard InChI is InChI=1S/C12H14N4/c1-2-4-10(5-3-1)12(11-8-13-9-11)16-14-6-7-15-16/h1-7,11-13H,8-9H2/t12-/m0/s1. The number of nitrogens with one attached hydrogen (secondary N) is 1. The van der Waals surface area contributed by atoms with E-state index in [1.54, 1.807) is 12.4 Å². The summed E-state index contributed by atoms with van der Waals surface area (Å²) in [5, 5.41) is 11.9. The molecule has 0 saturated carbocycles. The minimum atomic E-state index is 0.262. The highest BCUT2D eigenvalue weighted by Crippen LogP contribution is 2.27. The molecule has 0 amide bonds. The van der Waals surface area contributed by atoms with Crippen molar-refractivity contribution in [3.63, 3.8) is 0 Å². The number of rotatable bonds is 3. The lowest BCUT2D eigenvalue weighted by Crippen LogP contribution is -2.47. The summed E-state index contributed by atoms with van der Waals surface area (Å²) in [6.07, 6.45) is 3.48. The Labute approximate surface area is 94.3 Å². The Balaban J connectivity index is 1.96. The van der Waals surface area contributed by atoms with Crippen LogP contribution in [-0.4, -0.2) is 28.1 Å². The number of benzene rings is 1. The maximum Gasteiger partial charge on any atom is 0.102 e. The van der Waals surface area contributed by atoms with E-state index < -0.39 is 0 Å². The van der Waals surface area contributed by atoms with E-state index in [1.165, 1.54) is 5.56 Å². The van der Waals surface area contributed by atoms with Crippen LogP contribution >= 0.6 is 0 Å². The third-order valence-electron chi connectivity index (χ3n) is 3.09. The van der Waals surface area contributed by atoms with Gasteiger partial charge in [-0.3, -0.25) is 0 Å². The maximum absolute atomic E-state index is 4.27. The van der Waals surface area contributed by atoms with Gasteiger partial charge in [0.25, 0.3) is 0 Å². The van der Waals surface area contributed by atoms with Crippen molar-refractivity contribution in [2.24, 2.45) is 5.92 Å². The maximum atomic E-state index is 4.27. The topological polar surface area (TPSA) is 42.7 Å². The van der Waals surface area contributed by atoms with Crippen LogP contribution in [-0.2, 0) is 0 Å². The van der Waals surface area contributed by atoms with E-state index in [4.69, 9.17) is 0 Å². The highest BCUT2D eigenvalue weighted by molar-refractivity contribution is 5.21. The van der Waals surface area contributed by atoms with Crippen molar-refractivity contribution < 1.29 is 0 Å². The highest BCUT2D eigenvalue weighted by atomic mass is 15.5. The summed E-state index contributed by atoms with van der Waals surface area (Å²) in [4.78, 5) is 1.82. The van der Waals surface area contributed by atoms with Crippen LogP contribution < -0.4 is 5.32 Å². The van der Waals surface area contributed by atoms with Crippen LogP contribution in [0.15, 0.2) is 42.7 Å². The largest absolute Gasteiger partial charge is 0.316 e. The molecule has 2 aromatic rings. The molecule has 1 atom stereocenters. The van der Waals surface area contributed by atoms with Crippen LogP contribution in [0.5, 0.6) is 0 Å². The van der Waals surface area contributed by atoms with Crippen LogP contribution in [0.2, 0.25) is 0 Å². The molecular weight excluding hydrogens is 200 g/mol. The van der Waals surface area contributed by atoms with Gasteiger partial charge in [-0.25, -0.2) is 0 Å². The van der Waals surface area contributed by atoms with Crippen molar-refractivity contribution in [3.05, 3.63) is 48.3 Å². The molecule has 1 aromatic carbocycles. The summed E-state index contributed by atoms with van der Waals surface area (Å²) >= 11 is 0. The molecule has 1 fully saturated rings. The first-order valence-electron chi connectivity index (χ1n) is 5.56. The summed E-state index contributed by atoms with van der Waals surface area (Å²) in [6, 6.07) is 10.7. The molecule has 4 heteroatoms. The van der Waals surface area contributed by atoms with E-state index >= 15 is 0 Å².